The Morgan fingerprint density at radius 2 is 2.07 bits per heavy atom. The van der Waals surface area contributed by atoms with E-state index < -0.39 is 0 Å². The topological polar surface area (TPSA) is 29.1 Å². The maximum Gasteiger partial charge on any atom is 0.252 e. The lowest BCUT2D eigenvalue weighted by Gasteiger charge is -2.00. The van der Waals surface area contributed by atoms with Gasteiger partial charge in [0.15, 0.2) is 0 Å². The molecule has 14 heavy (non-hydrogen) atoms. The smallest absolute Gasteiger partial charge is 0.252 e. The zero-order chi connectivity index (χ0) is 10.4. The van der Waals surface area contributed by atoms with Gasteiger partial charge in [0.1, 0.15) is 0 Å². The second kappa shape index (κ2) is 5.46. The van der Waals surface area contributed by atoms with E-state index in [9.17, 15) is 4.79 Å². The monoisotopic (exact) mass is 251 g/mol. The van der Waals surface area contributed by atoms with Gasteiger partial charge < -0.3 is 5.32 Å². The van der Waals surface area contributed by atoms with E-state index in [1.54, 1.807) is 19.1 Å². The minimum Gasteiger partial charge on any atom is -0.341 e. The molecule has 0 radical (unpaired) electrons. The van der Waals surface area contributed by atoms with E-state index in [0.717, 1.165) is 4.47 Å². The van der Waals surface area contributed by atoms with Gasteiger partial charge in [-0.2, -0.15) is 0 Å². The van der Waals surface area contributed by atoms with E-state index in [-0.39, 0.29) is 5.91 Å². The molecular formula is C11H10BrNO. The first-order valence-electron chi connectivity index (χ1n) is 4.17. The molecule has 0 aromatic heterocycles. The van der Waals surface area contributed by atoms with Gasteiger partial charge in [0, 0.05) is 10.0 Å². The Morgan fingerprint density at radius 3 is 2.64 bits per heavy atom. The maximum atomic E-state index is 11.4. The number of hydrogen-bond acceptors (Lipinski definition) is 1. The molecule has 3 heteroatoms. The van der Waals surface area contributed by atoms with Crippen LogP contribution in [0.2, 0.25) is 0 Å². The molecule has 1 rings (SSSR count). The summed E-state index contributed by atoms with van der Waals surface area (Å²) in [6.45, 7) is 2.14. The number of carbonyl (C=O) groups is 1. The van der Waals surface area contributed by atoms with Gasteiger partial charge in [-0.05, 0) is 31.2 Å². The highest BCUT2D eigenvalue weighted by Gasteiger charge is 2.02. The Balaban J connectivity index is 2.59. The Kier molecular flexibility index (Phi) is 4.21. The Bertz CT molecular complexity index is 373. The van der Waals surface area contributed by atoms with Crippen molar-refractivity contribution in [1.29, 1.82) is 0 Å². The van der Waals surface area contributed by atoms with Crippen molar-refractivity contribution in [2.75, 3.05) is 6.54 Å². The molecule has 1 aromatic carbocycles. The molecule has 1 amide bonds. The molecule has 0 fully saturated rings. The first-order valence-corrected chi connectivity index (χ1v) is 4.96. The molecule has 0 aliphatic rings. The molecule has 0 spiro atoms. The van der Waals surface area contributed by atoms with Crippen LogP contribution in [0.4, 0.5) is 0 Å². The third kappa shape index (κ3) is 3.23. The fourth-order valence-electron chi connectivity index (χ4n) is 0.916. The normalized spacial score (nSPS) is 8.71. The SMILES string of the molecule is CC#CCNC(=O)c1ccc(Br)cc1. The molecule has 2 nitrogen and oxygen atoms in total. The quantitative estimate of drug-likeness (QED) is 0.803. The van der Waals surface area contributed by atoms with Crippen LogP contribution in [-0.4, -0.2) is 12.5 Å². The van der Waals surface area contributed by atoms with E-state index in [0.29, 0.717) is 12.1 Å². The highest BCUT2D eigenvalue weighted by atomic mass is 79.9. The lowest BCUT2D eigenvalue weighted by atomic mass is 10.2. The van der Waals surface area contributed by atoms with Crippen molar-refractivity contribution in [3.63, 3.8) is 0 Å². The summed E-state index contributed by atoms with van der Waals surface area (Å²) < 4.78 is 0.961. The first kappa shape index (κ1) is 10.8. The zero-order valence-electron chi connectivity index (χ0n) is 7.80. The summed E-state index contributed by atoms with van der Waals surface area (Å²) in [6, 6.07) is 7.19. The Labute approximate surface area is 91.8 Å². The molecule has 0 atom stereocenters. The number of rotatable bonds is 2. The summed E-state index contributed by atoms with van der Waals surface area (Å²) >= 11 is 3.30. The molecule has 0 aliphatic carbocycles. The zero-order valence-corrected chi connectivity index (χ0v) is 9.39. The highest BCUT2D eigenvalue weighted by Crippen LogP contribution is 2.10. The lowest BCUT2D eigenvalue weighted by Crippen LogP contribution is -2.23. The van der Waals surface area contributed by atoms with Gasteiger partial charge in [0.2, 0.25) is 0 Å². The molecule has 0 saturated heterocycles. The molecule has 1 N–H and O–H groups in total. The van der Waals surface area contributed by atoms with Gasteiger partial charge >= 0.3 is 0 Å². The summed E-state index contributed by atoms with van der Waals surface area (Å²) in [5.74, 6) is 5.38. The summed E-state index contributed by atoms with van der Waals surface area (Å²) in [6.07, 6.45) is 0. The number of halogens is 1. The number of benzene rings is 1. The molecule has 1 aromatic rings. The Hall–Kier alpha value is -1.27. The average molecular weight is 252 g/mol. The van der Waals surface area contributed by atoms with E-state index in [1.807, 2.05) is 12.1 Å². The average Bonchev–Trinajstić information content (AvgIpc) is 2.19. The molecule has 72 valence electrons. The van der Waals surface area contributed by atoms with E-state index in [1.165, 1.54) is 0 Å². The van der Waals surface area contributed by atoms with Gasteiger partial charge in [0.25, 0.3) is 5.91 Å². The first-order chi connectivity index (χ1) is 6.74. The van der Waals surface area contributed by atoms with E-state index in [4.69, 9.17) is 0 Å². The third-order valence-electron chi connectivity index (χ3n) is 1.62. The molecule has 0 heterocycles. The van der Waals surface area contributed by atoms with Crippen LogP contribution in [0.3, 0.4) is 0 Å². The van der Waals surface area contributed by atoms with Crippen molar-refractivity contribution in [2.45, 2.75) is 6.92 Å². The molecule has 0 aliphatic heterocycles. The fourth-order valence-corrected chi connectivity index (χ4v) is 1.18. The van der Waals surface area contributed by atoms with E-state index >= 15 is 0 Å². The number of nitrogens with one attached hydrogen (secondary N) is 1. The standard InChI is InChI=1S/C11H10BrNO/c1-2-3-8-13-11(14)9-4-6-10(12)7-5-9/h4-7H,8H2,1H3,(H,13,14). The van der Waals surface area contributed by atoms with Crippen LogP contribution in [0.15, 0.2) is 28.7 Å². The number of carbonyl (C=O) groups excluding carboxylic acids is 1. The van der Waals surface area contributed by atoms with Gasteiger partial charge in [-0.3, -0.25) is 4.79 Å². The van der Waals surface area contributed by atoms with Gasteiger partial charge in [-0.15, -0.1) is 5.92 Å². The molecular weight excluding hydrogens is 242 g/mol. The van der Waals surface area contributed by atoms with Crippen molar-refractivity contribution >= 4 is 21.8 Å². The summed E-state index contributed by atoms with van der Waals surface area (Å²) in [7, 11) is 0. The fraction of sp³-hybridized carbons (Fsp3) is 0.182. The van der Waals surface area contributed by atoms with Gasteiger partial charge in [-0.25, -0.2) is 0 Å². The van der Waals surface area contributed by atoms with Crippen molar-refractivity contribution in [3.8, 4) is 11.8 Å². The second-order valence-corrected chi connectivity index (χ2v) is 3.53. The largest absolute Gasteiger partial charge is 0.341 e. The summed E-state index contributed by atoms with van der Waals surface area (Å²) in [5, 5.41) is 2.69. The Morgan fingerprint density at radius 1 is 1.43 bits per heavy atom. The number of amides is 1. The minimum absolute atomic E-state index is 0.0970. The van der Waals surface area contributed by atoms with Crippen molar-refractivity contribution < 1.29 is 4.79 Å². The summed E-state index contributed by atoms with van der Waals surface area (Å²) in [5.41, 5.74) is 0.645. The minimum atomic E-state index is -0.0970. The van der Waals surface area contributed by atoms with Gasteiger partial charge in [-0.1, -0.05) is 21.9 Å². The predicted molar refractivity (Wildman–Crippen MR) is 59.9 cm³/mol. The lowest BCUT2D eigenvalue weighted by molar-refractivity contribution is 0.0958. The van der Waals surface area contributed by atoms with Crippen molar-refractivity contribution in [2.24, 2.45) is 0 Å². The van der Waals surface area contributed by atoms with Crippen molar-refractivity contribution in [3.05, 3.63) is 34.3 Å². The van der Waals surface area contributed by atoms with E-state index in [2.05, 4.69) is 33.1 Å². The summed E-state index contributed by atoms with van der Waals surface area (Å²) in [4.78, 5) is 11.4. The van der Waals surface area contributed by atoms with Gasteiger partial charge in [0.05, 0.1) is 6.54 Å². The molecule has 0 saturated carbocycles. The maximum absolute atomic E-state index is 11.4. The van der Waals surface area contributed by atoms with Crippen LogP contribution in [-0.2, 0) is 0 Å². The van der Waals surface area contributed by atoms with Crippen LogP contribution in [0.5, 0.6) is 0 Å². The predicted octanol–water partition coefficient (Wildman–Crippen LogP) is 2.20. The second-order valence-electron chi connectivity index (χ2n) is 2.62. The third-order valence-corrected chi connectivity index (χ3v) is 2.15. The van der Waals surface area contributed by atoms with Crippen LogP contribution in [0.1, 0.15) is 17.3 Å². The van der Waals surface area contributed by atoms with Crippen LogP contribution in [0.25, 0.3) is 0 Å². The number of hydrogen-bond donors (Lipinski definition) is 1. The van der Waals surface area contributed by atoms with Crippen LogP contribution in [0, 0.1) is 11.8 Å². The molecule has 0 unspecified atom stereocenters. The van der Waals surface area contributed by atoms with Crippen LogP contribution >= 0.6 is 15.9 Å². The highest BCUT2D eigenvalue weighted by molar-refractivity contribution is 9.10. The van der Waals surface area contributed by atoms with Crippen LogP contribution < -0.4 is 5.32 Å². The molecule has 0 bridgehead atoms. The van der Waals surface area contributed by atoms with Crippen molar-refractivity contribution in [1.82, 2.24) is 5.32 Å².